The Morgan fingerprint density at radius 1 is 0.300 bits per heavy atom. The molecule has 0 aliphatic carbocycles. The van der Waals surface area contributed by atoms with E-state index in [1.165, 1.54) is 366 Å². The van der Waals surface area contributed by atoms with Gasteiger partial charge in [0, 0.05) is 12.8 Å². The van der Waals surface area contributed by atoms with Gasteiger partial charge < -0.3 is 20.3 Å². The van der Waals surface area contributed by atoms with Crippen molar-refractivity contribution in [2.45, 2.75) is 450 Å². The zero-order valence-electron chi connectivity index (χ0n) is 54.9. The van der Waals surface area contributed by atoms with Crippen molar-refractivity contribution < 1.29 is 24.5 Å². The predicted octanol–water partition coefficient (Wildman–Crippen LogP) is 24.2. The second-order valence-corrected chi connectivity index (χ2v) is 26.0. The number of rotatable bonds is 71. The standard InChI is InChI=1S/C74H147NO5/c1-3-5-7-9-11-13-15-17-19-21-34-38-42-46-50-54-58-62-66-72(77)71(70-76)75-73(78)67-63-59-55-51-47-43-39-35-32-30-28-26-24-23-25-27-29-31-33-37-41-45-49-53-57-61-65-69-80-74(79)68-64-60-56-52-48-44-40-36-22-20-18-16-14-12-10-8-6-4-2/h71-72,76-77H,3-70H2,1-2H3,(H,75,78). The Morgan fingerprint density at radius 3 is 0.762 bits per heavy atom. The summed E-state index contributed by atoms with van der Waals surface area (Å²) in [5, 5.41) is 23.4. The van der Waals surface area contributed by atoms with Gasteiger partial charge in [-0.2, -0.15) is 0 Å². The average Bonchev–Trinajstić information content (AvgIpc) is 3.46. The van der Waals surface area contributed by atoms with Gasteiger partial charge in [-0.15, -0.1) is 0 Å². The lowest BCUT2D eigenvalue weighted by molar-refractivity contribution is -0.143. The molecule has 3 N–H and O–H groups in total. The summed E-state index contributed by atoms with van der Waals surface area (Å²) in [6, 6.07) is -0.539. The van der Waals surface area contributed by atoms with Crippen LogP contribution >= 0.6 is 0 Å². The number of ether oxygens (including phenoxy) is 1. The molecule has 0 aliphatic heterocycles. The molecule has 6 heteroatoms. The second kappa shape index (κ2) is 70.3. The minimum Gasteiger partial charge on any atom is -0.466 e. The maximum Gasteiger partial charge on any atom is 0.305 e. The van der Waals surface area contributed by atoms with Crippen molar-refractivity contribution in [2.75, 3.05) is 13.2 Å². The third-order valence-electron chi connectivity index (χ3n) is 17.9. The van der Waals surface area contributed by atoms with Crippen LogP contribution in [0.5, 0.6) is 0 Å². The lowest BCUT2D eigenvalue weighted by Crippen LogP contribution is -2.45. The van der Waals surface area contributed by atoms with E-state index in [9.17, 15) is 19.8 Å². The first kappa shape index (κ1) is 78.9. The van der Waals surface area contributed by atoms with E-state index in [0.29, 0.717) is 25.9 Å². The van der Waals surface area contributed by atoms with Crippen molar-refractivity contribution in [1.82, 2.24) is 5.32 Å². The maximum absolute atomic E-state index is 12.5. The van der Waals surface area contributed by atoms with Crippen LogP contribution < -0.4 is 5.32 Å². The van der Waals surface area contributed by atoms with Crippen LogP contribution in [0.2, 0.25) is 0 Å². The normalized spacial score (nSPS) is 12.4. The number of unbranched alkanes of at least 4 members (excludes halogenated alkanes) is 60. The molecule has 6 nitrogen and oxygen atoms in total. The van der Waals surface area contributed by atoms with Gasteiger partial charge in [-0.25, -0.2) is 0 Å². The molecular weight excluding hydrogens is 983 g/mol. The third kappa shape index (κ3) is 66.0. The molecule has 0 rings (SSSR count). The second-order valence-electron chi connectivity index (χ2n) is 26.0. The molecule has 478 valence electrons. The molecule has 0 aromatic carbocycles. The quantitative estimate of drug-likeness (QED) is 0.0417. The van der Waals surface area contributed by atoms with Crippen LogP contribution in [0.4, 0.5) is 0 Å². The summed E-state index contributed by atoms with van der Waals surface area (Å²) in [7, 11) is 0. The fraction of sp³-hybridized carbons (Fsp3) is 0.973. The predicted molar refractivity (Wildman–Crippen MR) is 352 cm³/mol. The zero-order chi connectivity index (χ0) is 57.8. The van der Waals surface area contributed by atoms with E-state index in [0.717, 1.165) is 38.5 Å². The van der Waals surface area contributed by atoms with Gasteiger partial charge in [0.2, 0.25) is 5.91 Å². The minimum atomic E-state index is -0.662. The molecular formula is C74H147NO5. The van der Waals surface area contributed by atoms with Gasteiger partial charge in [-0.3, -0.25) is 9.59 Å². The molecule has 0 radical (unpaired) electrons. The Bertz CT molecular complexity index is 1160. The summed E-state index contributed by atoms with van der Waals surface area (Å²) >= 11 is 0. The van der Waals surface area contributed by atoms with E-state index in [4.69, 9.17) is 4.74 Å². The number of carbonyl (C=O) groups is 2. The molecule has 0 aromatic rings. The van der Waals surface area contributed by atoms with Crippen LogP contribution in [0.1, 0.15) is 438 Å². The summed E-state index contributed by atoms with van der Waals surface area (Å²) in [6.07, 6.45) is 86.0. The van der Waals surface area contributed by atoms with E-state index in [1.54, 1.807) is 0 Å². The number of hydrogen-bond acceptors (Lipinski definition) is 5. The maximum atomic E-state index is 12.5. The highest BCUT2D eigenvalue weighted by Crippen LogP contribution is 2.20. The van der Waals surface area contributed by atoms with Gasteiger partial charge in [0.25, 0.3) is 0 Å². The number of esters is 1. The first-order valence-corrected chi connectivity index (χ1v) is 37.3. The molecule has 0 bridgehead atoms. The van der Waals surface area contributed by atoms with Crippen molar-refractivity contribution in [2.24, 2.45) is 0 Å². The molecule has 0 fully saturated rings. The third-order valence-corrected chi connectivity index (χ3v) is 17.9. The SMILES string of the molecule is CCCCCCCCCCCCCCCCCCCCC(=O)OCCCCCCCCCCCCCCCCCCCCCCCCCCCCCC(=O)NC(CO)C(O)CCCCCCCCCCCCCCCCCCCC. The summed E-state index contributed by atoms with van der Waals surface area (Å²) in [6.45, 7) is 5.01. The molecule has 2 atom stereocenters. The van der Waals surface area contributed by atoms with Crippen molar-refractivity contribution in [3.8, 4) is 0 Å². The van der Waals surface area contributed by atoms with Crippen molar-refractivity contribution in [3.63, 3.8) is 0 Å². The minimum absolute atomic E-state index is 0.0240. The van der Waals surface area contributed by atoms with Crippen LogP contribution in [0, 0.1) is 0 Å². The van der Waals surface area contributed by atoms with E-state index in [2.05, 4.69) is 19.2 Å². The summed E-state index contributed by atoms with van der Waals surface area (Å²) in [5.41, 5.74) is 0. The molecule has 0 saturated carbocycles. The Hall–Kier alpha value is -1.14. The van der Waals surface area contributed by atoms with Gasteiger partial charge in [0.15, 0.2) is 0 Å². The summed E-state index contributed by atoms with van der Waals surface area (Å²) in [5.74, 6) is -0.00316. The summed E-state index contributed by atoms with van der Waals surface area (Å²) in [4.78, 5) is 24.7. The van der Waals surface area contributed by atoms with E-state index in [-0.39, 0.29) is 18.5 Å². The largest absolute Gasteiger partial charge is 0.466 e. The summed E-state index contributed by atoms with van der Waals surface area (Å²) < 4.78 is 5.52. The first-order chi connectivity index (χ1) is 39.5. The lowest BCUT2D eigenvalue weighted by atomic mass is 10.0. The molecule has 0 aromatic heterocycles. The van der Waals surface area contributed by atoms with E-state index < -0.39 is 12.1 Å². The van der Waals surface area contributed by atoms with Gasteiger partial charge in [0.05, 0.1) is 25.4 Å². The Balaban J connectivity index is 3.32. The fourth-order valence-corrected chi connectivity index (χ4v) is 12.2. The van der Waals surface area contributed by atoms with E-state index in [1.807, 2.05) is 0 Å². The molecule has 0 aliphatic rings. The number of aliphatic hydroxyl groups is 2. The highest BCUT2D eigenvalue weighted by Gasteiger charge is 2.20. The van der Waals surface area contributed by atoms with Crippen LogP contribution in [0.15, 0.2) is 0 Å². The fourth-order valence-electron chi connectivity index (χ4n) is 12.2. The molecule has 0 saturated heterocycles. The van der Waals surface area contributed by atoms with Crippen molar-refractivity contribution in [3.05, 3.63) is 0 Å². The zero-order valence-corrected chi connectivity index (χ0v) is 54.9. The molecule has 1 amide bonds. The van der Waals surface area contributed by atoms with Crippen molar-refractivity contribution >= 4 is 11.9 Å². The first-order valence-electron chi connectivity index (χ1n) is 37.3. The molecule has 0 spiro atoms. The van der Waals surface area contributed by atoms with Gasteiger partial charge in [-0.1, -0.05) is 399 Å². The Morgan fingerprint density at radius 2 is 0.512 bits per heavy atom. The van der Waals surface area contributed by atoms with Crippen LogP contribution in [-0.4, -0.2) is 47.4 Å². The average molecular weight is 1130 g/mol. The van der Waals surface area contributed by atoms with Gasteiger partial charge in [-0.05, 0) is 25.7 Å². The molecule has 0 heterocycles. The Kier molecular flexibility index (Phi) is 69.3. The highest BCUT2D eigenvalue weighted by atomic mass is 16.5. The van der Waals surface area contributed by atoms with Crippen LogP contribution in [0.25, 0.3) is 0 Å². The van der Waals surface area contributed by atoms with Crippen LogP contribution in [-0.2, 0) is 14.3 Å². The smallest absolute Gasteiger partial charge is 0.305 e. The van der Waals surface area contributed by atoms with Gasteiger partial charge >= 0.3 is 5.97 Å². The molecule has 80 heavy (non-hydrogen) atoms. The molecule has 2 unspecified atom stereocenters. The number of hydrogen-bond donors (Lipinski definition) is 3. The number of aliphatic hydroxyl groups excluding tert-OH is 2. The van der Waals surface area contributed by atoms with E-state index >= 15 is 0 Å². The van der Waals surface area contributed by atoms with Crippen LogP contribution in [0.3, 0.4) is 0 Å². The Labute approximate surface area is 502 Å². The van der Waals surface area contributed by atoms with Crippen molar-refractivity contribution in [1.29, 1.82) is 0 Å². The number of carbonyl (C=O) groups excluding carboxylic acids is 2. The van der Waals surface area contributed by atoms with Gasteiger partial charge in [0.1, 0.15) is 0 Å². The monoisotopic (exact) mass is 1130 g/mol. The number of nitrogens with one attached hydrogen (secondary N) is 1. The highest BCUT2D eigenvalue weighted by molar-refractivity contribution is 5.76. The number of amides is 1. The lowest BCUT2D eigenvalue weighted by Gasteiger charge is -2.22. The topological polar surface area (TPSA) is 95.9 Å².